The second-order valence-corrected chi connectivity index (χ2v) is 19.2. The predicted octanol–water partition coefficient (Wildman–Crippen LogP) is 5.62. The molecule has 0 spiro atoms. The fraction of sp³-hybridized carbons (Fsp3) is 0.385. The maximum absolute atomic E-state index is 13.3. The third kappa shape index (κ3) is 10.1. The topological polar surface area (TPSA) is 257 Å². The van der Waals surface area contributed by atoms with Crippen LogP contribution in [-0.4, -0.2) is 164 Å². The van der Waals surface area contributed by atoms with Gasteiger partial charge in [0.25, 0.3) is 11.8 Å². The fourth-order valence-electron chi connectivity index (χ4n) is 9.99. The van der Waals surface area contributed by atoms with Crippen molar-refractivity contribution >= 4 is 68.5 Å². The fourth-order valence-corrected chi connectivity index (χ4v) is 9.99. The predicted molar refractivity (Wildman–Crippen MR) is 294 cm³/mol. The van der Waals surface area contributed by atoms with Crippen LogP contribution in [0.4, 0.5) is 34.9 Å². The second kappa shape index (κ2) is 21.7. The molecule has 2 amide bonds. The van der Waals surface area contributed by atoms with Crippen LogP contribution in [-0.2, 0) is 22.7 Å². The summed E-state index contributed by atoms with van der Waals surface area (Å²) >= 11 is 0. The van der Waals surface area contributed by atoms with E-state index in [1.165, 1.54) is 0 Å². The number of hydrogen-bond donors (Lipinski definition) is 5. The van der Waals surface area contributed by atoms with Crippen LogP contribution >= 0.6 is 0 Å². The molecule has 394 valence electrons. The Kier molecular flexibility index (Phi) is 14.5. The van der Waals surface area contributed by atoms with Crippen molar-refractivity contribution in [1.82, 2.24) is 80.6 Å². The van der Waals surface area contributed by atoms with Gasteiger partial charge in [-0.05, 0) is 123 Å². The SMILES string of the molecule is CC.CC1=C(C(=O)Nc2ccc3[nH]nc(-c4ccnc(N5CCN(C)[C@H](C)C5)c4)c3c2)Cn2nnnc2N1.CCN1CCN(c2cc(-c3n[nH]c4ccc(NC(=O)C5=C(C)N(C)c6nnnn6C5)cc34)ccn2)C[C@H]1C. The van der Waals surface area contributed by atoms with E-state index in [1.807, 2.05) is 101 Å². The summed E-state index contributed by atoms with van der Waals surface area (Å²) in [4.78, 5) is 46.9. The summed E-state index contributed by atoms with van der Waals surface area (Å²) in [6.07, 6.45) is 3.67. The van der Waals surface area contributed by atoms with E-state index in [0.717, 1.165) is 113 Å². The Morgan fingerprint density at radius 2 is 1.22 bits per heavy atom. The number of nitrogens with one attached hydrogen (secondary N) is 5. The lowest BCUT2D eigenvalue weighted by atomic mass is 10.1. The Morgan fingerprint density at radius 3 is 1.82 bits per heavy atom. The molecular weight excluding hydrogens is 965 g/mol. The van der Waals surface area contributed by atoms with E-state index in [1.54, 1.807) is 9.36 Å². The standard InChI is InChI=1S/C26H31N11O.C24H27N11O.C2H6/c1-5-35-10-11-36(14-16(35)2)23-12-18(8-9-27-23)24-20-13-19(6-7-22(20)29-30-24)28-25(38)21-15-37-26(31-32-33-37)34(4)17(21)3;1-14-12-34(9-8-33(14)3)21-10-16(6-7-25-21)22-18-11-17(4-5-20(18)28-29-22)27-23(36)19-13-35-24(26-15(19)2)30-31-32-35;1-2/h6-9,12-13,16H,5,10-11,14-15H2,1-4H3,(H,28,38)(H,29,30);4-7,10-11,14H,8-9,12-13H2,1-3H3,(H,27,36)(H,28,29)(H,26,30,32);1-2H3/t16-;14-;/m11./s1. The number of rotatable bonds is 9. The summed E-state index contributed by atoms with van der Waals surface area (Å²) in [5.74, 6) is 2.64. The molecule has 24 heteroatoms. The number of H-pyrrole nitrogens is 2. The molecule has 0 aliphatic carbocycles. The van der Waals surface area contributed by atoms with Gasteiger partial charge in [-0.1, -0.05) is 31.0 Å². The lowest BCUT2D eigenvalue weighted by Gasteiger charge is -2.40. The van der Waals surface area contributed by atoms with Crippen LogP contribution in [0.3, 0.4) is 0 Å². The van der Waals surface area contributed by atoms with Crippen molar-refractivity contribution in [3.63, 3.8) is 0 Å². The molecule has 4 aliphatic heterocycles. The van der Waals surface area contributed by atoms with Crippen molar-refractivity contribution in [2.24, 2.45) is 0 Å². The molecule has 76 heavy (non-hydrogen) atoms. The van der Waals surface area contributed by atoms with Crippen LogP contribution in [0.1, 0.15) is 48.5 Å². The Labute approximate surface area is 439 Å². The summed E-state index contributed by atoms with van der Waals surface area (Å²) in [5.41, 5.74) is 9.47. The van der Waals surface area contributed by atoms with E-state index < -0.39 is 0 Å². The zero-order valence-electron chi connectivity index (χ0n) is 44.4. The number of aromatic nitrogens is 14. The highest BCUT2D eigenvalue weighted by molar-refractivity contribution is 6.07. The second-order valence-electron chi connectivity index (χ2n) is 19.2. The van der Waals surface area contributed by atoms with Gasteiger partial charge in [0.05, 0.1) is 35.3 Å². The quantitative estimate of drug-likeness (QED) is 0.118. The first-order chi connectivity index (χ1) is 36.9. The summed E-state index contributed by atoms with van der Waals surface area (Å²) in [5, 5.41) is 49.6. The average Bonchev–Trinajstić information content (AvgIpc) is 4.29. The van der Waals surface area contributed by atoms with Gasteiger partial charge in [0.15, 0.2) is 0 Å². The summed E-state index contributed by atoms with van der Waals surface area (Å²) in [7, 11) is 4.00. The van der Waals surface area contributed by atoms with Crippen LogP contribution < -0.4 is 30.7 Å². The molecule has 2 aromatic carbocycles. The number of fused-ring (bicyclic) bond motifs is 4. The van der Waals surface area contributed by atoms with Crippen molar-refractivity contribution in [3.8, 4) is 22.5 Å². The van der Waals surface area contributed by atoms with Gasteiger partial charge in [0.2, 0.25) is 11.9 Å². The van der Waals surface area contributed by atoms with Gasteiger partial charge < -0.3 is 35.6 Å². The maximum atomic E-state index is 13.3. The van der Waals surface area contributed by atoms with Crippen molar-refractivity contribution in [2.45, 2.75) is 73.6 Å². The molecule has 2 fully saturated rings. The van der Waals surface area contributed by atoms with Crippen molar-refractivity contribution < 1.29 is 9.59 Å². The number of tetrazole rings is 2. The van der Waals surface area contributed by atoms with Gasteiger partial charge in [-0.25, -0.2) is 19.3 Å². The highest BCUT2D eigenvalue weighted by Crippen LogP contribution is 2.34. The molecular formula is C52H64N22O2. The highest BCUT2D eigenvalue weighted by atomic mass is 16.2. The smallest absolute Gasteiger partial charge is 0.255 e. The molecule has 0 saturated carbocycles. The number of pyridine rings is 2. The van der Waals surface area contributed by atoms with Crippen molar-refractivity contribution in [1.29, 1.82) is 0 Å². The van der Waals surface area contributed by atoms with Crippen LogP contribution in [0.5, 0.6) is 0 Å². The number of carbonyl (C=O) groups is 2. The molecule has 0 unspecified atom stereocenters. The van der Waals surface area contributed by atoms with Gasteiger partial charge in [-0.15, -0.1) is 0 Å². The van der Waals surface area contributed by atoms with E-state index in [-0.39, 0.29) is 11.8 Å². The number of benzene rings is 2. The number of anilines is 6. The van der Waals surface area contributed by atoms with Crippen LogP contribution in [0, 0.1) is 0 Å². The zero-order chi connectivity index (χ0) is 53.2. The number of allylic oxidation sites excluding steroid dienone is 2. The average molecular weight is 1030 g/mol. The zero-order valence-corrected chi connectivity index (χ0v) is 44.4. The lowest BCUT2D eigenvalue weighted by molar-refractivity contribution is -0.114. The lowest BCUT2D eigenvalue weighted by Crippen LogP contribution is -2.51. The molecule has 5 N–H and O–H groups in total. The first kappa shape index (κ1) is 50.9. The molecule has 6 aromatic heterocycles. The molecule has 4 aliphatic rings. The van der Waals surface area contributed by atoms with Crippen molar-refractivity contribution in [2.75, 3.05) is 90.6 Å². The van der Waals surface area contributed by atoms with Crippen LogP contribution in [0.2, 0.25) is 0 Å². The molecule has 2 saturated heterocycles. The molecule has 0 radical (unpaired) electrons. The Hall–Kier alpha value is -8.64. The first-order valence-electron chi connectivity index (χ1n) is 25.8. The molecule has 0 bridgehead atoms. The number of likely N-dealkylation sites (N-methyl/N-ethyl adjacent to an activating group) is 2. The van der Waals surface area contributed by atoms with Gasteiger partial charge >= 0.3 is 0 Å². The van der Waals surface area contributed by atoms with Gasteiger partial charge in [0, 0.05) is 115 Å². The minimum absolute atomic E-state index is 0.188. The molecule has 12 rings (SSSR count). The largest absolute Gasteiger partial charge is 0.354 e. The van der Waals surface area contributed by atoms with E-state index in [4.69, 9.17) is 0 Å². The molecule has 24 nitrogen and oxygen atoms in total. The summed E-state index contributed by atoms with van der Waals surface area (Å²) in [6, 6.07) is 20.6. The number of piperazine rings is 2. The molecule has 2 atom stereocenters. The Morgan fingerprint density at radius 1 is 0.671 bits per heavy atom. The van der Waals surface area contributed by atoms with Crippen molar-refractivity contribution in [3.05, 3.63) is 95.6 Å². The first-order valence-corrected chi connectivity index (χ1v) is 25.8. The van der Waals surface area contributed by atoms with Gasteiger partial charge in [-0.3, -0.25) is 24.7 Å². The number of aromatic amines is 2. The highest BCUT2D eigenvalue weighted by Gasteiger charge is 2.29. The number of nitrogens with zero attached hydrogens (tertiary/aromatic N) is 17. The van der Waals surface area contributed by atoms with Gasteiger partial charge in [-0.2, -0.15) is 10.2 Å². The minimum atomic E-state index is -0.207. The number of carbonyl (C=O) groups excluding carboxylic acids is 2. The van der Waals surface area contributed by atoms with E-state index >= 15 is 0 Å². The minimum Gasteiger partial charge on any atom is -0.354 e. The monoisotopic (exact) mass is 1030 g/mol. The third-order valence-electron chi connectivity index (χ3n) is 14.7. The molecule has 8 aromatic rings. The van der Waals surface area contributed by atoms with Crippen LogP contribution in [0.15, 0.2) is 95.6 Å². The Balaban J connectivity index is 0.000000168. The number of hydrogen-bond acceptors (Lipinski definition) is 18. The Bertz CT molecular complexity index is 3480. The van der Waals surface area contributed by atoms with E-state index in [9.17, 15) is 9.59 Å². The molecule has 10 heterocycles. The van der Waals surface area contributed by atoms with E-state index in [2.05, 4.69) is 137 Å². The third-order valence-corrected chi connectivity index (χ3v) is 14.7. The number of amides is 2. The summed E-state index contributed by atoms with van der Waals surface area (Å²) < 4.78 is 3.17. The normalized spacial score (nSPS) is 17.9. The maximum Gasteiger partial charge on any atom is 0.255 e. The van der Waals surface area contributed by atoms with Gasteiger partial charge in [0.1, 0.15) is 23.0 Å². The summed E-state index contributed by atoms with van der Waals surface area (Å²) in [6.45, 7) is 21.9. The van der Waals surface area contributed by atoms with Crippen LogP contribution in [0.25, 0.3) is 44.3 Å². The van der Waals surface area contributed by atoms with E-state index in [0.29, 0.717) is 59.6 Å².